The van der Waals surface area contributed by atoms with E-state index in [1.54, 1.807) is 13.2 Å². The Morgan fingerprint density at radius 2 is 2.06 bits per heavy atom. The highest BCUT2D eigenvalue weighted by Crippen LogP contribution is 2.24. The van der Waals surface area contributed by atoms with Gasteiger partial charge in [0.05, 0.1) is 7.11 Å². The van der Waals surface area contributed by atoms with E-state index in [-0.39, 0.29) is 12.6 Å². The van der Waals surface area contributed by atoms with E-state index in [9.17, 15) is 0 Å². The zero-order chi connectivity index (χ0) is 12.8. The minimum atomic E-state index is 0.176. The van der Waals surface area contributed by atoms with Gasteiger partial charge in [-0.1, -0.05) is 13.8 Å². The van der Waals surface area contributed by atoms with E-state index in [4.69, 9.17) is 15.6 Å². The first kappa shape index (κ1) is 13.6. The van der Waals surface area contributed by atoms with Crippen LogP contribution in [0.2, 0.25) is 0 Å². The summed E-state index contributed by atoms with van der Waals surface area (Å²) < 4.78 is 5.17. The number of methoxy groups -OCH3 is 1. The molecule has 4 N–H and O–H groups in total. The highest BCUT2D eigenvalue weighted by atomic mass is 16.5. The Kier molecular flexibility index (Phi) is 5.10. The highest BCUT2D eigenvalue weighted by Gasteiger charge is 2.13. The van der Waals surface area contributed by atoms with Gasteiger partial charge in [0.25, 0.3) is 0 Å². The first-order chi connectivity index (χ1) is 8.06. The van der Waals surface area contributed by atoms with Crippen molar-refractivity contribution >= 4 is 11.4 Å². The molecule has 0 radical (unpaired) electrons. The summed E-state index contributed by atoms with van der Waals surface area (Å²) in [4.78, 5) is 0. The predicted octanol–water partition coefficient (Wildman–Crippen LogP) is 2.10. The molecule has 0 bridgehead atoms. The van der Waals surface area contributed by atoms with Crippen LogP contribution in [0.15, 0.2) is 18.2 Å². The van der Waals surface area contributed by atoms with Crippen LogP contribution in [0.1, 0.15) is 20.3 Å². The average Bonchev–Trinajstić information content (AvgIpc) is 2.27. The lowest BCUT2D eigenvalue weighted by Crippen LogP contribution is -2.26. The summed E-state index contributed by atoms with van der Waals surface area (Å²) in [6.45, 7) is 4.42. The van der Waals surface area contributed by atoms with Crippen LogP contribution in [-0.2, 0) is 0 Å². The molecule has 0 amide bonds. The summed E-state index contributed by atoms with van der Waals surface area (Å²) >= 11 is 0. The predicted molar refractivity (Wildman–Crippen MR) is 71.4 cm³/mol. The second-order valence-electron chi connectivity index (χ2n) is 4.50. The molecular weight excluding hydrogens is 216 g/mol. The van der Waals surface area contributed by atoms with E-state index in [0.29, 0.717) is 11.6 Å². The van der Waals surface area contributed by atoms with Crippen molar-refractivity contribution in [2.75, 3.05) is 24.8 Å². The molecule has 0 aliphatic rings. The van der Waals surface area contributed by atoms with Crippen LogP contribution in [0.4, 0.5) is 11.4 Å². The molecule has 0 saturated heterocycles. The monoisotopic (exact) mass is 238 g/mol. The Morgan fingerprint density at radius 3 is 2.59 bits per heavy atom. The van der Waals surface area contributed by atoms with E-state index in [1.807, 2.05) is 12.1 Å². The van der Waals surface area contributed by atoms with Crippen molar-refractivity contribution in [3.05, 3.63) is 18.2 Å². The zero-order valence-electron chi connectivity index (χ0n) is 10.7. The van der Waals surface area contributed by atoms with Crippen LogP contribution < -0.4 is 15.8 Å². The van der Waals surface area contributed by atoms with Gasteiger partial charge in [0, 0.05) is 36.2 Å². The van der Waals surface area contributed by atoms with E-state index in [2.05, 4.69) is 19.2 Å². The molecule has 4 nitrogen and oxygen atoms in total. The van der Waals surface area contributed by atoms with Gasteiger partial charge in [0.2, 0.25) is 0 Å². The number of nitrogen functional groups attached to an aromatic ring is 1. The number of aliphatic hydroxyl groups is 1. The Labute approximate surface area is 103 Å². The van der Waals surface area contributed by atoms with E-state index in [0.717, 1.165) is 17.9 Å². The minimum Gasteiger partial charge on any atom is -0.497 e. The molecule has 0 spiro atoms. The number of hydrogen-bond acceptors (Lipinski definition) is 4. The van der Waals surface area contributed by atoms with Crippen molar-refractivity contribution in [2.24, 2.45) is 5.92 Å². The summed E-state index contributed by atoms with van der Waals surface area (Å²) in [5.41, 5.74) is 7.38. The summed E-state index contributed by atoms with van der Waals surface area (Å²) in [7, 11) is 1.62. The van der Waals surface area contributed by atoms with Crippen LogP contribution in [0.5, 0.6) is 5.75 Å². The first-order valence-corrected chi connectivity index (χ1v) is 5.88. The lowest BCUT2D eigenvalue weighted by atomic mass is 10.0. The second kappa shape index (κ2) is 6.35. The molecule has 4 heteroatoms. The van der Waals surface area contributed by atoms with E-state index < -0.39 is 0 Å². The number of anilines is 2. The SMILES string of the molecule is COc1cc(N)cc(NC(CCO)C(C)C)c1. The fourth-order valence-electron chi connectivity index (χ4n) is 1.75. The van der Waals surface area contributed by atoms with Gasteiger partial charge in [-0.3, -0.25) is 0 Å². The fraction of sp³-hybridized carbons (Fsp3) is 0.538. The highest BCUT2D eigenvalue weighted by molar-refractivity contribution is 5.59. The van der Waals surface area contributed by atoms with Crippen molar-refractivity contribution in [1.29, 1.82) is 0 Å². The lowest BCUT2D eigenvalue weighted by molar-refractivity contribution is 0.267. The topological polar surface area (TPSA) is 67.5 Å². The third-order valence-corrected chi connectivity index (χ3v) is 2.76. The lowest BCUT2D eigenvalue weighted by Gasteiger charge is -2.23. The number of benzene rings is 1. The smallest absolute Gasteiger partial charge is 0.122 e. The maximum Gasteiger partial charge on any atom is 0.122 e. The molecule has 0 aliphatic heterocycles. The molecule has 1 atom stereocenters. The number of nitrogens with two attached hydrogens (primary N) is 1. The molecule has 1 aromatic rings. The summed E-state index contributed by atoms with van der Waals surface area (Å²) in [6.07, 6.45) is 0.717. The summed E-state index contributed by atoms with van der Waals surface area (Å²) in [6, 6.07) is 5.78. The molecule has 1 unspecified atom stereocenters. The largest absolute Gasteiger partial charge is 0.497 e. The standard InChI is InChI=1S/C13H22N2O2/c1-9(2)13(4-5-16)15-11-6-10(14)7-12(8-11)17-3/h6-9,13,15-16H,4-5,14H2,1-3H3. The Hall–Kier alpha value is -1.42. The van der Waals surface area contributed by atoms with Gasteiger partial charge in [0.1, 0.15) is 5.75 Å². The molecular formula is C13H22N2O2. The number of aliphatic hydroxyl groups excluding tert-OH is 1. The second-order valence-corrected chi connectivity index (χ2v) is 4.50. The first-order valence-electron chi connectivity index (χ1n) is 5.88. The molecule has 1 rings (SSSR count). The van der Waals surface area contributed by atoms with E-state index >= 15 is 0 Å². The number of nitrogens with one attached hydrogen (secondary N) is 1. The van der Waals surface area contributed by atoms with Gasteiger partial charge >= 0.3 is 0 Å². The van der Waals surface area contributed by atoms with Crippen LogP contribution >= 0.6 is 0 Å². The molecule has 0 aromatic heterocycles. The molecule has 1 aromatic carbocycles. The van der Waals surface area contributed by atoms with Crippen LogP contribution in [0.25, 0.3) is 0 Å². The minimum absolute atomic E-state index is 0.176. The quantitative estimate of drug-likeness (QED) is 0.664. The Morgan fingerprint density at radius 1 is 1.35 bits per heavy atom. The van der Waals surface area contributed by atoms with Gasteiger partial charge < -0.3 is 20.9 Å². The third-order valence-electron chi connectivity index (χ3n) is 2.76. The number of ether oxygens (including phenoxy) is 1. The van der Waals surface area contributed by atoms with Gasteiger partial charge in [-0.15, -0.1) is 0 Å². The molecule has 0 fully saturated rings. The Bertz CT molecular complexity index is 353. The van der Waals surface area contributed by atoms with Crippen molar-refractivity contribution in [2.45, 2.75) is 26.3 Å². The molecule has 96 valence electrons. The number of rotatable bonds is 6. The fourth-order valence-corrected chi connectivity index (χ4v) is 1.75. The number of hydrogen-bond donors (Lipinski definition) is 3. The van der Waals surface area contributed by atoms with E-state index in [1.165, 1.54) is 0 Å². The Balaban J connectivity index is 2.81. The molecule has 0 saturated carbocycles. The normalized spacial score (nSPS) is 12.5. The molecule has 0 heterocycles. The van der Waals surface area contributed by atoms with Crippen LogP contribution in [0.3, 0.4) is 0 Å². The van der Waals surface area contributed by atoms with Gasteiger partial charge in [-0.25, -0.2) is 0 Å². The van der Waals surface area contributed by atoms with Crippen molar-refractivity contribution in [1.82, 2.24) is 0 Å². The van der Waals surface area contributed by atoms with Crippen molar-refractivity contribution in [3.63, 3.8) is 0 Å². The summed E-state index contributed by atoms with van der Waals surface area (Å²) in [5.74, 6) is 1.17. The van der Waals surface area contributed by atoms with Crippen molar-refractivity contribution < 1.29 is 9.84 Å². The van der Waals surface area contributed by atoms with Crippen molar-refractivity contribution in [3.8, 4) is 5.75 Å². The maximum absolute atomic E-state index is 9.03. The third kappa shape index (κ3) is 4.15. The van der Waals surface area contributed by atoms with Gasteiger partial charge in [-0.2, -0.15) is 0 Å². The van der Waals surface area contributed by atoms with Crippen LogP contribution in [-0.4, -0.2) is 24.9 Å². The van der Waals surface area contributed by atoms with Crippen LogP contribution in [0, 0.1) is 5.92 Å². The van der Waals surface area contributed by atoms with Gasteiger partial charge in [0.15, 0.2) is 0 Å². The van der Waals surface area contributed by atoms with Gasteiger partial charge in [-0.05, 0) is 18.4 Å². The average molecular weight is 238 g/mol. The molecule has 17 heavy (non-hydrogen) atoms. The maximum atomic E-state index is 9.03. The summed E-state index contributed by atoms with van der Waals surface area (Å²) in [5, 5.41) is 12.4. The molecule has 0 aliphatic carbocycles. The zero-order valence-corrected chi connectivity index (χ0v) is 10.7.